The van der Waals surface area contributed by atoms with Gasteiger partial charge in [0.2, 0.25) is 5.88 Å². The van der Waals surface area contributed by atoms with Gasteiger partial charge in [-0.3, -0.25) is 0 Å². The number of hydrogen-bond acceptors (Lipinski definition) is 5. The van der Waals surface area contributed by atoms with Gasteiger partial charge in [-0.25, -0.2) is 14.5 Å². The fraction of sp³-hybridized carbons (Fsp3) is 0.0690. The Balaban J connectivity index is 1.51. The molecular weight excluding hydrogens is 472 g/mol. The lowest BCUT2D eigenvalue weighted by atomic mass is 9.81. The zero-order valence-electron chi connectivity index (χ0n) is 19.2. The Morgan fingerprint density at radius 1 is 0.889 bits per heavy atom. The average Bonchev–Trinajstić information content (AvgIpc) is 3.37. The van der Waals surface area contributed by atoms with Gasteiger partial charge in [0.25, 0.3) is 0 Å². The highest BCUT2D eigenvalue weighted by atomic mass is 35.5. The predicted molar refractivity (Wildman–Crippen MR) is 139 cm³/mol. The van der Waals surface area contributed by atoms with Crippen LogP contribution in [0.2, 0.25) is 5.02 Å². The van der Waals surface area contributed by atoms with E-state index in [-0.39, 0.29) is 5.92 Å². The highest BCUT2D eigenvalue weighted by Crippen LogP contribution is 2.50. The molecule has 0 saturated carbocycles. The molecule has 7 rings (SSSR count). The Morgan fingerprint density at radius 2 is 1.69 bits per heavy atom. The molecule has 1 atom stereocenters. The molecule has 0 amide bonds. The van der Waals surface area contributed by atoms with Crippen molar-refractivity contribution in [3.63, 3.8) is 0 Å². The molecule has 4 aromatic carbocycles. The Morgan fingerprint density at radius 3 is 2.50 bits per heavy atom. The first kappa shape index (κ1) is 20.9. The molecule has 0 spiro atoms. The molecule has 0 radical (unpaired) electrons. The van der Waals surface area contributed by atoms with Crippen molar-refractivity contribution in [3.8, 4) is 28.8 Å². The summed E-state index contributed by atoms with van der Waals surface area (Å²) in [4.78, 5) is 9.60. The zero-order chi connectivity index (χ0) is 24.2. The van der Waals surface area contributed by atoms with Gasteiger partial charge >= 0.3 is 0 Å². The maximum absolute atomic E-state index is 6.39. The lowest BCUT2D eigenvalue weighted by Gasteiger charge is -2.29. The van der Waals surface area contributed by atoms with Gasteiger partial charge in [-0.1, -0.05) is 54.1 Å². The second kappa shape index (κ2) is 8.07. The lowest BCUT2D eigenvalue weighted by molar-refractivity contribution is 0.414. The van der Waals surface area contributed by atoms with Crippen molar-refractivity contribution in [1.29, 1.82) is 0 Å². The quantitative estimate of drug-likeness (QED) is 0.270. The van der Waals surface area contributed by atoms with E-state index in [1.807, 2.05) is 48.5 Å². The number of ether oxygens (including phenoxy) is 2. The topological polar surface area (TPSA) is 61.5 Å². The minimum Gasteiger partial charge on any atom is -0.497 e. The predicted octanol–water partition coefficient (Wildman–Crippen LogP) is 6.89. The van der Waals surface area contributed by atoms with Crippen molar-refractivity contribution >= 4 is 28.0 Å². The van der Waals surface area contributed by atoms with Crippen LogP contribution in [0.3, 0.4) is 0 Å². The van der Waals surface area contributed by atoms with Crippen molar-refractivity contribution in [2.45, 2.75) is 5.92 Å². The highest BCUT2D eigenvalue weighted by Gasteiger charge is 2.34. The first-order valence-electron chi connectivity index (χ1n) is 11.5. The van der Waals surface area contributed by atoms with Crippen molar-refractivity contribution in [2.75, 3.05) is 7.11 Å². The third-order valence-corrected chi connectivity index (χ3v) is 6.91. The molecule has 1 aliphatic rings. The van der Waals surface area contributed by atoms with Gasteiger partial charge < -0.3 is 9.47 Å². The van der Waals surface area contributed by atoms with Crippen LogP contribution in [0.5, 0.6) is 17.4 Å². The van der Waals surface area contributed by atoms with E-state index >= 15 is 0 Å². The summed E-state index contributed by atoms with van der Waals surface area (Å²) in [5.74, 6) is 2.55. The van der Waals surface area contributed by atoms with Gasteiger partial charge in [0.15, 0.2) is 11.5 Å². The molecule has 7 heteroatoms. The number of halogens is 1. The Bertz CT molecular complexity index is 1760. The molecule has 6 nitrogen and oxygen atoms in total. The van der Waals surface area contributed by atoms with Crippen LogP contribution in [-0.2, 0) is 0 Å². The molecule has 0 unspecified atom stereocenters. The second-order valence-corrected chi connectivity index (χ2v) is 9.12. The summed E-state index contributed by atoms with van der Waals surface area (Å²) in [5.41, 5.74) is 4.62. The van der Waals surface area contributed by atoms with E-state index in [2.05, 4.69) is 41.4 Å². The zero-order valence-corrected chi connectivity index (χ0v) is 20.0. The number of rotatable bonds is 3. The summed E-state index contributed by atoms with van der Waals surface area (Å²) in [6.07, 6.45) is 1.65. The summed E-state index contributed by atoms with van der Waals surface area (Å²) in [6.45, 7) is 0. The first-order valence-corrected chi connectivity index (χ1v) is 11.9. The standard InChI is InChI=1S/C29H19ClN4O2/c1-35-21-13-8-18(9-14-21)24-25-22-5-3-2-4-17(22)10-15-23(25)36-29-26(24)28-32-27(33-34(28)16-31-29)19-6-11-20(30)12-7-19/h2-16,24H,1H3/t24-/m1/s1. The van der Waals surface area contributed by atoms with Crippen LogP contribution < -0.4 is 9.47 Å². The number of methoxy groups -OCH3 is 1. The third-order valence-electron chi connectivity index (χ3n) is 6.65. The molecule has 3 heterocycles. The Hall–Kier alpha value is -4.42. The fourth-order valence-electron chi connectivity index (χ4n) is 4.96. The molecule has 174 valence electrons. The second-order valence-electron chi connectivity index (χ2n) is 8.68. The van der Waals surface area contributed by atoms with Crippen LogP contribution >= 0.6 is 11.6 Å². The number of aromatic nitrogens is 4. The van der Waals surface area contributed by atoms with E-state index in [4.69, 9.17) is 31.2 Å². The number of benzene rings is 4. The van der Waals surface area contributed by atoms with Crippen molar-refractivity contribution in [2.24, 2.45) is 0 Å². The molecule has 0 saturated heterocycles. The van der Waals surface area contributed by atoms with Crippen molar-refractivity contribution < 1.29 is 9.47 Å². The molecule has 0 N–H and O–H groups in total. The van der Waals surface area contributed by atoms with E-state index < -0.39 is 0 Å². The van der Waals surface area contributed by atoms with E-state index in [0.29, 0.717) is 22.4 Å². The highest BCUT2D eigenvalue weighted by molar-refractivity contribution is 6.30. The van der Waals surface area contributed by atoms with E-state index in [1.54, 1.807) is 18.0 Å². The van der Waals surface area contributed by atoms with Gasteiger partial charge in [-0.05, 0) is 58.8 Å². The van der Waals surface area contributed by atoms with Gasteiger partial charge in [0, 0.05) is 22.1 Å². The van der Waals surface area contributed by atoms with Crippen LogP contribution in [0, 0.1) is 0 Å². The summed E-state index contributed by atoms with van der Waals surface area (Å²) < 4.78 is 13.5. The first-order chi connectivity index (χ1) is 17.7. The van der Waals surface area contributed by atoms with Crippen LogP contribution in [0.25, 0.3) is 27.8 Å². The van der Waals surface area contributed by atoms with Crippen LogP contribution in [0.4, 0.5) is 0 Å². The molecule has 36 heavy (non-hydrogen) atoms. The van der Waals surface area contributed by atoms with Crippen molar-refractivity contribution in [1.82, 2.24) is 19.6 Å². The lowest BCUT2D eigenvalue weighted by Crippen LogP contribution is -2.15. The largest absolute Gasteiger partial charge is 0.497 e. The number of fused-ring (bicyclic) bond motifs is 6. The van der Waals surface area contributed by atoms with Crippen LogP contribution in [0.15, 0.2) is 91.3 Å². The number of nitrogens with zero attached hydrogens (tertiary/aromatic N) is 4. The normalized spacial score (nSPS) is 14.3. The van der Waals surface area contributed by atoms with Gasteiger partial charge in [0.1, 0.15) is 17.8 Å². The van der Waals surface area contributed by atoms with Gasteiger partial charge in [-0.15, -0.1) is 5.10 Å². The fourth-order valence-corrected chi connectivity index (χ4v) is 5.08. The van der Waals surface area contributed by atoms with Crippen molar-refractivity contribution in [3.05, 3.63) is 113 Å². The average molecular weight is 491 g/mol. The molecule has 0 aliphatic carbocycles. The molecule has 6 aromatic rings. The maximum atomic E-state index is 6.39. The molecular formula is C29H19ClN4O2. The molecule has 1 aliphatic heterocycles. The summed E-state index contributed by atoms with van der Waals surface area (Å²) >= 11 is 6.10. The van der Waals surface area contributed by atoms with Crippen LogP contribution in [0.1, 0.15) is 22.6 Å². The summed E-state index contributed by atoms with van der Waals surface area (Å²) in [7, 11) is 1.67. The van der Waals surface area contributed by atoms with Crippen LogP contribution in [-0.4, -0.2) is 26.7 Å². The molecule has 0 bridgehead atoms. The monoisotopic (exact) mass is 490 g/mol. The van der Waals surface area contributed by atoms with E-state index in [1.165, 1.54) is 0 Å². The maximum Gasteiger partial charge on any atom is 0.228 e. The summed E-state index contributed by atoms with van der Waals surface area (Å²) in [6, 6.07) is 28.1. The number of hydrogen-bond donors (Lipinski definition) is 0. The third kappa shape index (κ3) is 3.22. The summed E-state index contributed by atoms with van der Waals surface area (Å²) in [5, 5.41) is 7.65. The SMILES string of the molecule is COc1ccc([C@@H]2c3c(ccc4ccccc34)Oc3ncn4nc(-c5ccc(Cl)cc5)nc4c32)cc1. The minimum atomic E-state index is -0.167. The Kier molecular flexibility index (Phi) is 4.69. The smallest absolute Gasteiger partial charge is 0.228 e. The molecule has 2 aromatic heterocycles. The molecule has 0 fully saturated rings. The van der Waals surface area contributed by atoms with Gasteiger partial charge in [0.05, 0.1) is 12.7 Å². The van der Waals surface area contributed by atoms with E-state index in [0.717, 1.165) is 44.5 Å². The Labute approximate surface area is 211 Å². The minimum absolute atomic E-state index is 0.167. The van der Waals surface area contributed by atoms with Gasteiger partial charge in [-0.2, -0.15) is 0 Å². The van der Waals surface area contributed by atoms with E-state index in [9.17, 15) is 0 Å².